The van der Waals surface area contributed by atoms with Crippen LogP contribution < -0.4 is 0 Å². The van der Waals surface area contributed by atoms with Crippen molar-refractivity contribution >= 4 is 0 Å². The molecule has 0 nitrogen and oxygen atoms in total. The van der Waals surface area contributed by atoms with E-state index in [-0.39, 0.29) is 0 Å². The molecule has 0 bridgehead atoms. The minimum atomic E-state index is 0.737. The van der Waals surface area contributed by atoms with Gasteiger partial charge in [-0.1, -0.05) is 44.2 Å². The fraction of sp³-hybridized carbons (Fsp3) is 0.538. The lowest BCUT2D eigenvalue weighted by molar-refractivity contribution is 0.487. The smallest absolute Gasteiger partial charge is 0.0114 e. The van der Waals surface area contributed by atoms with Crippen molar-refractivity contribution in [1.82, 2.24) is 0 Å². The first-order chi connectivity index (χ1) is 6.22. The van der Waals surface area contributed by atoms with E-state index >= 15 is 0 Å². The summed E-state index contributed by atoms with van der Waals surface area (Å²) in [6, 6.07) is 0. The Labute approximate surface area is 83.0 Å². The molecule has 0 amide bonds. The van der Waals surface area contributed by atoms with E-state index in [4.69, 9.17) is 0 Å². The molecule has 1 saturated carbocycles. The zero-order chi connectivity index (χ0) is 10.3. The third kappa shape index (κ3) is 4.72. The summed E-state index contributed by atoms with van der Waals surface area (Å²) >= 11 is 0. The average Bonchev–Trinajstić information content (AvgIpc) is 2.06. The zero-order valence-corrected chi connectivity index (χ0v) is 9.10. The third-order valence-electron chi connectivity index (χ3n) is 2.15. The number of hydrogen-bond donors (Lipinski definition) is 0. The van der Waals surface area contributed by atoms with Crippen LogP contribution in [0.25, 0.3) is 0 Å². The SMILES string of the molecule is C=CCC1CC(=C)CC(=C)C1.CC. The molecule has 0 heteroatoms. The van der Waals surface area contributed by atoms with Crippen LogP contribution in [0.2, 0.25) is 0 Å². The molecule has 0 heterocycles. The molecule has 1 rings (SSSR count). The van der Waals surface area contributed by atoms with Crippen LogP contribution >= 0.6 is 0 Å². The summed E-state index contributed by atoms with van der Waals surface area (Å²) in [5.74, 6) is 0.737. The minimum Gasteiger partial charge on any atom is -0.103 e. The van der Waals surface area contributed by atoms with Crippen molar-refractivity contribution in [2.45, 2.75) is 39.5 Å². The van der Waals surface area contributed by atoms with Gasteiger partial charge in [0.05, 0.1) is 0 Å². The zero-order valence-electron chi connectivity index (χ0n) is 9.10. The summed E-state index contributed by atoms with van der Waals surface area (Å²) in [5, 5.41) is 0. The Morgan fingerprint density at radius 1 is 1.23 bits per heavy atom. The van der Waals surface area contributed by atoms with Crippen molar-refractivity contribution < 1.29 is 0 Å². The van der Waals surface area contributed by atoms with Crippen molar-refractivity contribution in [2.24, 2.45) is 5.92 Å². The van der Waals surface area contributed by atoms with E-state index in [1.165, 1.54) is 24.0 Å². The normalized spacial score (nSPS) is 17.7. The maximum atomic E-state index is 4.00. The predicted octanol–water partition coefficient (Wildman–Crippen LogP) is 4.50. The molecule has 0 spiro atoms. The molecule has 0 atom stereocenters. The predicted molar refractivity (Wildman–Crippen MR) is 61.8 cm³/mol. The van der Waals surface area contributed by atoms with Crippen molar-refractivity contribution in [3.63, 3.8) is 0 Å². The lowest BCUT2D eigenvalue weighted by Gasteiger charge is -2.24. The van der Waals surface area contributed by atoms with Crippen molar-refractivity contribution in [3.8, 4) is 0 Å². The van der Waals surface area contributed by atoms with E-state index in [9.17, 15) is 0 Å². The van der Waals surface area contributed by atoms with Crippen LogP contribution in [0.3, 0.4) is 0 Å². The van der Waals surface area contributed by atoms with Gasteiger partial charge in [0.25, 0.3) is 0 Å². The van der Waals surface area contributed by atoms with Crippen molar-refractivity contribution in [3.05, 3.63) is 37.0 Å². The Morgan fingerprint density at radius 2 is 1.69 bits per heavy atom. The van der Waals surface area contributed by atoms with Gasteiger partial charge in [0, 0.05) is 0 Å². The van der Waals surface area contributed by atoms with Gasteiger partial charge in [-0.25, -0.2) is 0 Å². The van der Waals surface area contributed by atoms with Gasteiger partial charge in [0.2, 0.25) is 0 Å². The van der Waals surface area contributed by atoms with Gasteiger partial charge in [0.1, 0.15) is 0 Å². The maximum absolute atomic E-state index is 4.00. The standard InChI is InChI=1S/C11H16.C2H6/c1-4-5-11-7-9(2)6-10(3)8-11;1-2/h4,11H,1-3,5-8H2;1-2H3. The summed E-state index contributed by atoms with van der Waals surface area (Å²) in [7, 11) is 0. The van der Waals surface area contributed by atoms with E-state index in [0.717, 1.165) is 18.8 Å². The highest BCUT2D eigenvalue weighted by Gasteiger charge is 2.16. The monoisotopic (exact) mass is 178 g/mol. The summed E-state index contributed by atoms with van der Waals surface area (Å²) in [4.78, 5) is 0. The van der Waals surface area contributed by atoms with Crippen molar-refractivity contribution in [1.29, 1.82) is 0 Å². The van der Waals surface area contributed by atoms with E-state index < -0.39 is 0 Å². The third-order valence-corrected chi connectivity index (χ3v) is 2.15. The van der Waals surface area contributed by atoms with Gasteiger partial charge >= 0.3 is 0 Å². The Kier molecular flexibility index (Phi) is 6.30. The molecular weight excluding hydrogens is 156 g/mol. The fourth-order valence-corrected chi connectivity index (χ4v) is 1.79. The average molecular weight is 178 g/mol. The molecule has 1 aliphatic carbocycles. The van der Waals surface area contributed by atoms with Gasteiger partial charge in [-0.2, -0.15) is 0 Å². The number of hydrogen-bond acceptors (Lipinski definition) is 0. The van der Waals surface area contributed by atoms with Gasteiger partial charge in [-0.05, 0) is 31.6 Å². The molecule has 13 heavy (non-hydrogen) atoms. The van der Waals surface area contributed by atoms with Crippen LogP contribution in [-0.4, -0.2) is 0 Å². The summed E-state index contributed by atoms with van der Waals surface area (Å²) < 4.78 is 0. The minimum absolute atomic E-state index is 0.737. The molecule has 0 N–H and O–H groups in total. The molecule has 0 aromatic carbocycles. The fourth-order valence-electron chi connectivity index (χ4n) is 1.79. The van der Waals surface area contributed by atoms with Crippen LogP contribution in [0.15, 0.2) is 37.0 Å². The Morgan fingerprint density at radius 3 is 2.08 bits per heavy atom. The molecule has 0 unspecified atom stereocenters. The summed E-state index contributed by atoms with van der Waals surface area (Å²) in [6.45, 7) is 15.7. The second kappa shape index (κ2) is 6.71. The highest BCUT2D eigenvalue weighted by molar-refractivity contribution is 5.16. The first-order valence-corrected chi connectivity index (χ1v) is 5.16. The topological polar surface area (TPSA) is 0 Å². The van der Waals surface area contributed by atoms with Crippen LogP contribution in [0.4, 0.5) is 0 Å². The molecule has 0 aliphatic heterocycles. The van der Waals surface area contributed by atoms with Crippen molar-refractivity contribution in [2.75, 3.05) is 0 Å². The number of allylic oxidation sites excluding steroid dienone is 3. The molecule has 0 radical (unpaired) electrons. The second-order valence-electron chi connectivity index (χ2n) is 3.48. The van der Waals surface area contributed by atoms with E-state index in [2.05, 4.69) is 19.7 Å². The highest BCUT2D eigenvalue weighted by atomic mass is 14.2. The van der Waals surface area contributed by atoms with Gasteiger partial charge in [-0.15, -0.1) is 6.58 Å². The van der Waals surface area contributed by atoms with E-state index in [1.807, 2.05) is 19.9 Å². The molecule has 1 fully saturated rings. The molecular formula is C13H22. The Balaban J connectivity index is 0.000000671. The lowest BCUT2D eigenvalue weighted by Crippen LogP contribution is -2.08. The lowest BCUT2D eigenvalue weighted by atomic mass is 9.82. The first kappa shape index (κ1) is 12.2. The second-order valence-corrected chi connectivity index (χ2v) is 3.48. The molecule has 0 saturated heterocycles. The van der Waals surface area contributed by atoms with Gasteiger partial charge < -0.3 is 0 Å². The van der Waals surface area contributed by atoms with Crippen LogP contribution in [-0.2, 0) is 0 Å². The van der Waals surface area contributed by atoms with Crippen LogP contribution in [0.1, 0.15) is 39.5 Å². The van der Waals surface area contributed by atoms with Crippen LogP contribution in [0, 0.1) is 5.92 Å². The number of rotatable bonds is 2. The van der Waals surface area contributed by atoms with Crippen LogP contribution in [0.5, 0.6) is 0 Å². The molecule has 74 valence electrons. The summed E-state index contributed by atoms with van der Waals surface area (Å²) in [5.41, 5.74) is 2.68. The van der Waals surface area contributed by atoms with Gasteiger partial charge in [0.15, 0.2) is 0 Å². The largest absolute Gasteiger partial charge is 0.103 e. The van der Waals surface area contributed by atoms with E-state index in [1.54, 1.807) is 0 Å². The summed E-state index contributed by atoms with van der Waals surface area (Å²) in [6.07, 6.45) is 6.50. The first-order valence-electron chi connectivity index (χ1n) is 5.16. The quantitative estimate of drug-likeness (QED) is 0.546. The highest BCUT2D eigenvalue weighted by Crippen LogP contribution is 2.32. The molecule has 1 aliphatic rings. The molecule has 0 aromatic rings. The van der Waals surface area contributed by atoms with E-state index in [0.29, 0.717) is 0 Å². The maximum Gasteiger partial charge on any atom is -0.0114 e. The Bertz CT molecular complexity index is 170. The molecule has 0 aromatic heterocycles. The Hall–Kier alpha value is -0.780. The van der Waals surface area contributed by atoms with Gasteiger partial charge in [-0.3, -0.25) is 0 Å².